The number of aliphatic imine (C=N–C) groups is 1. The van der Waals surface area contributed by atoms with Crippen LogP contribution in [-0.4, -0.2) is 25.6 Å². The van der Waals surface area contributed by atoms with Crippen molar-refractivity contribution in [2.24, 2.45) is 10.4 Å². The second-order valence-electron chi connectivity index (χ2n) is 3.37. The van der Waals surface area contributed by atoms with Gasteiger partial charge < -0.3 is 9.47 Å². The third kappa shape index (κ3) is 4.95. The summed E-state index contributed by atoms with van der Waals surface area (Å²) in [4.78, 5) is 24.4. The molecule has 74 valence electrons. The third-order valence-electron chi connectivity index (χ3n) is 1.11. The van der Waals surface area contributed by atoms with Crippen LogP contribution < -0.4 is 0 Å². The summed E-state index contributed by atoms with van der Waals surface area (Å²) >= 11 is 0. The van der Waals surface area contributed by atoms with E-state index in [9.17, 15) is 9.59 Å². The first-order valence-electron chi connectivity index (χ1n) is 3.68. The lowest BCUT2D eigenvalue weighted by Crippen LogP contribution is -2.24. The summed E-state index contributed by atoms with van der Waals surface area (Å²) in [5.74, 6) is -0.440. The van der Waals surface area contributed by atoms with Gasteiger partial charge in [-0.1, -0.05) is 0 Å². The molecule has 0 saturated heterocycles. The van der Waals surface area contributed by atoms with Crippen LogP contribution in [0.15, 0.2) is 4.99 Å². The predicted octanol–water partition coefficient (Wildman–Crippen LogP) is 1.37. The van der Waals surface area contributed by atoms with Crippen LogP contribution in [-0.2, 0) is 14.3 Å². The summed E-state index contributed by atoms with van der Waals surface area (Å²) < 4.78 is 8.96. The Morgan fingerprint density at radius 3 is 2.23 bits per heavy atom. The minimum atomic E-state index is -0.860. The van der Waals surface area contributed by atoms with Gasteiger partial charge in [0.25, 0.3) is 0 Å². The molecule has 0 N–H and O–H groups in total. The molecule has 0 heterocycles. The van der Waals surface area contributed by atoms with Crippen LogP contribution >= 0.6 is 0 Å². The number of rotatable bonds is 2. The number of carbonyl (C=O) groups excluding carboxylic acids is 2. The minimum absolute atomic E-state index is 0.423. The van der Waals surface area contributed by atoms with Gasteiger partial charge in [0, 0.05) is 0 Å². The lowest BCUT2D eigenvalue weighted by atomic mass is 9.98. The predicted molar refractivity (Wildman–Crippen MR) is 46.4 cm³/mol. The molecule has 0 bridgehead atoms. The number of hydrogen-bond acceptors (Lipinski definition) is 4. The summed E-state index contributed by atoms with van der Waals surface area (Å²) in [5, 5.41) is 0. The van der Waals surface area contributed by atoms with Gasteiger partial charge in [0.1, 0.15) is 0 Å². The first kappa shape index (κ1) is 11.6. The fraction of sp³-hybridized carbons (Fsp3) is 0.625. The van der Waals surface area contributed by atoms with Crippen molar-refractivity contribution in [3.8, 4) is 0 Å². The van der Waals surface area contributed by atoms with E-state index >= 15 is 0 Å². The van der Waals surface area contributed by atoms with Crippen LogP contribution in [0.5, 0.6) is 0 Å². The molecule has 0 rings (SSSR count). The number of amides is 1. The zero-order valence-corrected chi connectivity index (χ0v) is 7.99. The maximum atomic E-state index is 11.1. The fourth-order valence-corrected chi connectivity index (χ4v) is 0.396. The van der Waals surface area contributed by atoms with E-state index in [1.54, 1.807) is 20.8 Å². The van der Waals surface area contributed by atoms with Gasteiger partial charge in [0.05, 0.1) is 5.41 Å². The lowest BCUT2D eigenvalue weighted by molar-refractivity contribution is -0.161. The second kappa shape index (κ2) is 4.59. The normalized spacial score (nSPS) is 10.4. The van der Waals surface area contributed by atoms with Gasteiger partial charge in [-0.25, -0.2) is 4.79 Å². The maximum Gasteiger partial charge on any atom is 0.435 e. The van der Waals surface area contributed by atoms with Crippen molar-refractivity contribution in [1.29, 1.82) is 0 Å². The molecular weight excluding hydrogens is 174 g/mol. The molecule has 0 aromatic heterocycles. The molecule has 0 aromatic carbocycles. The SMILES string of the molecule is C=NC(=O)OCOC(=O)C(C)(C)C. The molecule has 0 aliphatic carbocycles. The van der Waals surface area contributed by atoms with Gasteiger partial charge in [-0.2, -0.15) is 4.99 Å². The number of carbonyl (C=O) groups is 2. The standard InChI is InChI=1S/C8H13NO4/c1-8(2,3)6(10)12-5-13-7(11)9-4/h4-5H2,1-3H3. The zero-order valence-electron chi connectivity index (χ0n) is 7.99. The number of esters is 1. The number of ether oxygens (including phenoxy) is 2. The molecule has 0 spiro atoms. The molecule has 13 heavy (non-hydrogen) atoms. The van der Waals surface area contributed by atoms with Gasteiger partial charge in [-0.05, 0) is 27.5 Å². The second-order valence-corrected chi connectivity index (χ2v) is 3.37. The average Bonchev–Trinajstić information content (AvgIpc) is 2.02. The van der Waals surface area contributed by atoms with Gasteiger partial charge >= 0.3 is 12.1 Å². The van der Waals surface area contributed by atoms with Crippen LogP contribution in [0.25, 0.3) is 0 Å². The van der Waals surface area contributed by atoms with Crippen LogP contribution in [0.2, 0.25) is 0 Å². The van der Waals surface area contributed by atoms with Gasteiger partial charge in [0.15, 0.2) is 0 Å². The van der Waals surface area contributed by atoms with E-state index in [-0.39, 0.29) is 0 Å². The monoisotopic (exact) mass is 187 g/mol. The Balaban J connectivity index is 3.73. The van der Waals surface area contributed by atoms with Crippen molar-refractivity contribution < 1.29 is 19.1 Å². The van der Waals surface area contributed by atoms with E-state index in [1.807, 2.05) is 0 Å². The Kier molecular flexibility index (Phi) is 4.10. The molecule has 0 unspecified atom stereocenters. The number of nitrogens with zero attached hydrogens (tertiary/aromatic N) is 1. The van der Waals surface area contributed by atoms with E-state index in [2.05, 4.69) is 21.2 Å². The summed E-state index contributed by atoms with van der Waals surface area (Å²) in [5.41, 5.74) is -0.603. The van der Waals surface area contributed by atoms with E-state index in [1.165, 1.54) is 0 Å². The summed E-state index contributed by atoms with van der Waals surface area (Å²) in [6, 6.07) is 0. The van der Waals surface area contributed by atoms with E-state index in [0.717, 1.165) is 0 Å². The van der Waals surface area contributed by atoms with Crippen molar-refractivity contribution in [2.75, 3.05) is 6.79 Å². The van der Waals surface area contributed by atoms with Crippen molar-refractivity contribution in [1.82, 2.24) is 0 Å². The molecule has 5 heteroatoms. The highest BCUT2D eigenvalue weighted by Crippen LogP contribution is 2.14. The summed E-state index contributed by atoms with van der Waals surface area (Å²) in [6.07, 6.45) is -0.860. The largest absolute Gasteiger partial charge is 0.435 e. The van der Waals surface area contributed by atoms with Crippen molar-refractivity contribution in [2.45, 2.75) is 20.8 Å². The highest BCUT2D eigenvalue weighted by atomic mass is 16.7. The smallest absolute Gasteiger partial charge is 0.427 e. The third-order valence-corrected chi connectivity index (χ3v) is 1.11. The summed E-state index contributed by atoms with van der Waals surface area (Å²) in [6.45, 7) is 7.61. The molecule has 5 nitrogen and oxygen atoms in total. The molecule has 0 aliphatic heterocycles. The average molecular weight is 187 g/mol. The molecule has 0 radical (unpaired) electrons. The van der Waals surface area contributed by atoms with Crippen molar-refractivity contribution in [3.05, 3.63) is 0 Å². The Morgan fingerprint density at radius 2 is 1.85 bits per heavy atom. The molecule has 0 fully saturated rings. The first-order valence-corrected chi connectivity index (χ1v) is 3.68. The number of hydrogen-bond donors (Lipinski definition) is 0. The first-order chi connectivity index (χ1) is 5.88. The van der Waals surface area contributed by atoms with Crippen molar-refractivity contribution in [3.63, 3.8) is 0 Å². The van der Waals surface area contributed by atoms with Crippen LogP contribution in [0, 0.1) is 5.41 Å². The van der Waals surface area contributed by atoms with E-state index in [4.69, 9.17) is 0 Å². The maximum absolute atomic E-state index is 11.1. The quantitative estimate of drug-likeness (QED) is 0.372. The fourth-order valence-electron chi connectivity index (χ4n) is 0.396. The lowest BCUT2D eigenvalue weighted by Gasteiger charge is -2.15. The summed E-state index contributed by atoms with van der Waals surface area (Å²) in [7, 11) is 0. The highest BCUT2D eigenvalue weighted by molar-refractivity contribution is 5.76. The van der Waals surface area contributed by atoms with Crippen LogP contribution in [0.1, 0.15) is 20.8 Å². The molecule has 0 atom stereocenters. The van der Waals surface area contributed by atoms with Gasteiger partial charge in [0.2, 0.25) is 6.79 Å². The highest BCUT2D eigenvalue weighted by Gasteiger charge is 2.23. The van der Waals surface area contributed by atoms with E-state index < -0.39 is 24.3 Å². The minimum Gasteiger partial charge on any atom is -0.427 e. The molecule has 0 saturated carbocycles. The Hall–Kier alpha value is -1.39. The molecule has 0 aromatic rings. The molecule has 1 amide bonds. The Bertz CT molecular complexity index is 217. The van der Waals surface area contributed by atoms with Gasteiger partial charge in [-0.3, -0.25) is 4.79 Å². The van der Waals surface area contributed by atoms with Crippen molar-refractivity contribution >= 4 is 18.8 Å². The Labute approximate surface area is 76.7 Å². The molecule has 0 aliphatic rings. The molecular formula is C8H13NO4. The topological polar surface area (TPSA) is 65.0 Å². The van der Waals surface area contributed by atoms with Crippen LogP contribution in [0.4, 0.5) is 4.79 Å². The van der Waals surface area contributed by atoms with Gasteiger partial charge in [-0.15, -0.1) is 0 Å². The zero-order chi connectivity index (χ0) is 10.5. The Morgan fingerprint density at radius 1 is 1.31 bits per heavy atom. The van der Waals surface area contributed by atoms with E-state index in [0.29, 0.717) is 0 Å². The van der Waals surface area contributed by atoms with Crippen LogP contribution in [0.3, 0.4) is 0 Å².